The summed E-state index contributed by atoms with van der Waals surface area (Å²) in [5.74, 6) is -3.71. The number of carbonyl (C=O) groups is 1. The maximum atomic E-state index is 9.85. The number of hydrogen-bond acceptors (Lipinski definition) is 6. The zero-order valence-corrected chi connectivity index (χ0v) is 15.5. The Morgan fingerprint density at radius 1 is 0.750 bits per heavy atom. The molecule has 19 heteroatoms. The first kappa shape index (κ1) is 28.8. The molecule has 0 rings (SSSR count). The quantitative estimate of drug-likeness (QED) is 0.207. The van der Waals surface area contributed by atoms with Crippen molar-refractivity contribution in [2.75, 3.05) is 11.8 Å². The molecule has 0 aliphatic carbocycles. The van der Waals surface area contributed by atoms with Crippen LogP contribution in [0.4, 0.5) is 0 Å². The van der Waals surface area contributed by atoms with E-state index in [0.29, 0.717) is 0 Å². The SMILES string of the molecule is C[C@H](N)C(=O)O.O=P(O)(O)CP(=O)(O)O.O=P(O)(O)CP(=O)(O)O. The zero-order valence-electron chi connectivity index (χ0n) is 11.9. The van der Waals surface area contributed by atoms with Gasteiger partial charge in [-0.1, -0.05) is 0 Å². The van der Waals surface area contributed by atoms with Gasteiger partial charge in [-0.05, 0) is 6.92 Å². The first-order valence-corrected chi connectivity index (χ1v) is 12.4. The molecule has 0 heterocycles. The van der Waals surface area contributed by atoms with E-state index in [9.17, 15) is 23.1 Å². The second-order valence-corrected chi connectivity index (χ2v) is 11.6. The fourth-order valence-corrected chi connectivity index (χ4v) is 4.32. The second-order valence-electron chi connectivity index (χ2n) is 4.07. The summed E-state index contributed by atoms with van der Waals surface area (Å²) in [6.45, 7) is 1.42. The van der Waals surface area contributed by atoms with Crippen molar-refractivity contribution in [3.63, 3.8) is 0 Å². The lowest BCUT2D eigenvalue weighted by molar-refractivity contribution is -0.138. The van der Waals surface area contributed by atoms with Gasteiger partial charge in [0, 0.05) is 0 Å². The Morgan fingerprint density at radius 3 is 0.875 bits per heavy atom. The van der Waals surface area contributed by atoms with Crippen LogP contribution in [0.2, 0.25) is 0 Å². The fraction of sp³-hybridized carbons (Fsp3) is 0.800. The van der Waals surface area contributed by atoms with E-state index in [2.05, 4.69) is 0 Å². The van der Waals surface area contributed by atoms with Crippen LogP contribution in [0.15, 0.2) is 0 Å². The number of hydrogen-bond donors (Lipinski definition) is 10. The van der Waals surface area contributed by atoms with Gasteiger partial charge in [0.05, 0.1) is 0 Å². The molecular formula is C5H19NO14P4. The molecule has 24 heavy (non-hydrogen) atoms. The van der Waals surface area contributed by atoms with E-state index < -0.39 is 54.2 Å². The lowest BCUT2D eigenvalue weighted by Crippen LogP contribution is -2.25. The summed E-state index contributed by atoms with van der Waals surface area (Å²) >= 11 is 0. The van der Waals surface area contributed by atoms with Gasteiger partial charge in [0.25, 0.3) is 0 Å². The summed E-state index contributed by atoms with van der Waals surface area (Å²) in [4.78, 5) is 73.4. The predicted molar refractivity (Wildman–Crippen MR) is 79.2 cm³/mol. The van der Waals surface area contributed by atoms with E-state index in [1.807, 2.05) is 0 Å². The molecule has 0 aliphatic rings. The van der Waals surface area contributed by atoms with Crippen LogP contribution in [0.1, 0.15) is 6.92 Å². The zero-order chi connectivity index (χ0) is 20.6. The molecule has 0 fully saturated rings. The van der Waals surface area contributed by atoms with Crippen molar-refractivity contribution in [2.24, 2.45) is 5.73 Å². The van der Waals surface area contributed by atoms with Crippen molar-refractivity contribution in [3.05, 3.63) is 0 Å². The number of nitrogens with two attached hydrogens (primary N) is 1. The molecule has 0 spiro atoms. The van der Waals surface area contributed by atoms with Gasteiger partial charge in [0.1, 0.15) is 6.04 Å². The van der Waals surface area contributed by atoms with Crippen molar-refractivity contribution in [2.45, 2.75) is 13.0 Å². The van der Waals surface area contributed by atoms with Crippen LogP contribution in [-0.4, -0.2) is 68.1 Å². The lowest BCUT2D eigenvalue weighted by atomic mass is 10.4. The van der Waals surface area contributed by atoms with Crippen LogP contribution in [-0.2, 0) is 23.1 Å². The Balaban J connectivity index is -0.000000282. The molecule has 0 saturated carbocycles. The van der Waals surface area contributed by atoms with Crippen molar-refractivity contribution in [3.8, 4) is 0 Å². The molecule has 148 valence electrons. The Bertz CT molecular complexity index is 480. The predicted octanol–water partition coefficient (Wildman–Crippen LogP) is -1.98. The summed E-state index contributed by atoms with van der Waals surface area (Å²) in [6, 6.07) is -0.731. The largest absolute Gasteiger partial charge is 0.480 e. The Hall–Kier alpha value is 0.0300. The molecule has 0 saturated heterocycles. The number of carboxylic acid groups (broad SMARTS) is 1. The molecule has 0 aromatic heterocycles. The maximum absolute atomic E-state index is 9.85. The molecule has 0 radical (unpaired) electrons. The van der Waals surface area contributed by atoms with E-state index >= 15 is 0 Å². The molecule has 0 aliphatic heterocycles. The second kappa shape index (κ2) is 10.9. The molecule has 15 nitrogen and oxygen atoms in total. The molecule has 0 aromatic carbocycles. The minimum atomic E-state index is -4.55. The molecule has 0 unspecified atom stereocenters. The van der Waals surface area contributed by atoms with Gasteiger partial charge in [0.2, 0.25) is 0 Å². The highest BCUT2D eigenvalue weighted by molar-refractivity contribution is 7.69. The monoisotopic (exact) mass is 441 g/mol. The minimum absolute atomic E-state index is 0.731. The van der Waals surface area contributed by atoms with E-state index in [4.69, 9.17) is 50.0 Å². The molecular weight excluding hydrogens is 422 g/mol. The molecule has 0 bridgehead atoms. The van der Waals surface area contributed by atoms with Crippen LogP contribution in [0.5, 0.6) is 0 Å². The van der Waals surface area contributed by atoms with E-state index in [-0.39, 0.29) is 0 Å². The number of rotatable bonds is 5. The highest BCUT2D eigenvalue weighted by Gasteiger charge is 2.27. The van der Waals surface area contributed by atoms with Crippen molar-refractivity contribution < 1.29 is 67.3 Å². The van der Waals surface area contributed by atoms with Gasteiger partial charge >= 0.3 is 36.4 Å². The topological polar surface area (TPSA) is 293 Å². The van der Waals surface area contributed by atoms with E-state index in [0.717, 1.165) is 0 Å². The van der Waals surface area contributed by atoms with Crippen molar-refractivity contribution >= 4 is 36.4 Å². The standard InChI is InChI=1S/C3H7NO2.2CH6O6P2/c1-2(4)3(5)6;2*2-8(3,4)1-9(5,6)7/h2H,4H2,1H3,(H,5,6);2*1H2,(H2,2,3,4)(H2,5,6,7)/t2-;;/m0../s1. The van der Waals surface area contributed by atoms with E-state index in [1.165, 1.54) is 6.92 Å². The molecule has 11 N–H and O–H groups in total. The number of carboxylic acids is 1. The summed E-state index contributed by atoms with van der Waals surface area (Å²) in [7, 11) is -18.2. The third-order valence-corrected chi connectivity index (χ3v) is 7.02. The van der Waals surface area contributed by atoms with Gasteiger partial charge in [-0.3, -0.25) is 23.1 Å². The minimum Gasteiger partial charge on any atom is -0.480 e. The Kier molecular flexibility index (Phi) is 13.1. The fourth-order valence-electron chi connectivity index (χ4n) is 0.480. The number of aliphatic carboxylic acids is 1. The Morgan fingerprint density at radius 2 is 0.875 bits per heavy atom. The first-order valence-electron chi connectivity index (χ1n) is 5.22. The smallest absolute Gasteiger partial charge is 0.337 e. The third-order valence-electron chi connectivity index (χ3n) is 1.13. The van der Waals surface area contributed by atoms with Crippen LogP contribution < -0.4 is 5.73 Å². The Labute approximate surface area is 135 Å². The van der Waals surface area contributed by atoms with Gasteiger partial charge in [-0.25, -0.2) is 0 Å². The van der Waals surface area contributed by atoms with E-state index in [1.54, 1.807) is 0 Å². The van der Waals surface area contributed by atoms with Crippen LogP contribution >= 0.6 is 30.4 Å². The van der Waals surface area contributed by atoms with Crippen LogP contribution in [0.3, 0.4) is 0 Å². The average Bonchev–Trinajstić information content (AvgIpc) is 2.05. The van der Waals surface area contributed by atoms with Gasteiger partial charge < -0.3 is 50.0 Å². The van der Waals surface area contributed by atoms with Crippen LogP contribution in [0.25, 0.3) is 0 Å². The third kappa shape index (κ3) is 37.9. The average molecular weight is 441 g/mol. The summed E-state index contributed by atoms with van der Waals surface area (Å²) < 4.78 is 39.4. The van der Waals surface area contributed by atoms with Gasteiger partial charge in [0.15, 0.2) is 11.8 Å². The first-order chi connectivity index (χ1) is 10.1. The normalized spacial score (nSPS) is 13.8. The van der Waals surface area contributed by atoms with Gasteiger partial charge in [-0.15, -0.1) is 0 Å². The van der Waals surface area contributed by atoms with Gasteiger partial charge in [-0.2, -0.15) is 0 Å². The molecule has 0 aromatic rings. The van der Waals surface area contributed by atoms with Crippen molar-refractivity contribution in [1.29, 1.82) is 0 Å². The summed E-state index contributed by atoms with van der Waals surface area (Å²) in [5, 5.41) is 7.87. The van der Waals surface area contributed by atoms with Crippen LogP contribution in [0, 0.1) is 0 Å². The lowest BCUT2D eigenvalue weighted by Gasteiger charge is -2.03. The maximum Gasteiger partial charge on any atom is 0.337 e. The molecule has 0 amide bonds. The highest BCUT2D eigenvalue weighted by atomic mass is 31.2. The summed E-state index contributed by atoms with van der Waals surface area (Å²) in [6.07, 6.45) is 0. The summed E-state index contributed by atoms with van der Waals surface area (Å²) in [5.41, 5.74) is 4.84. The molecule has 1 atom stereocenters. The highest BCUT2D eigenvalue weighted by Crippen LogP contribution is 2.52. The van der Waals surface area contributed by atoms with Crippen molar-refractivity contribution in [1.82, 2.24) is 0 Å².